The molecule has 0 bridgehead atoms. The number of carbonyl (C=O) groups excluding carboxylic acids is 2. The summed E-state index contributed by atoms with van der Waals surface area (Å²) in [5.41, 5.74) is 3.40. The molecule has 6 heteroatoms. The minimum Gasteiger partial charge on any atom is -0.311 e. The van der Waals surface area contributed by atoms with E-state index in [0.717, 1.165) is 22.2 Å². The van der Waals surface area contributed by atoms with Crippen molar-refractivity contribution >= 4 is 34.2 Å². The Hall–Kier alpha value is -3.44. The lowest BCUT2D eigenvalue weighted by molar-refractivity contribution is -0.131. The van der Waals surface area contributed by atoms with Gasteiger partial charge in [0.05, 0.1) is 12.1 Å². The Labute approximate surface area is 203 Å². The number of halogens is 1. The lowest BCUT2D eigenvalue weighted by Gasteiger charge is -2.38. The predicted molar refractivity (Wildman–Crippen MR) is 134 cm³/mol. The summed E-state index contributed by atoms with van der Waals surface area (Å²) in [7, 11) is 0. The average Bonchev–Trinajstić information content (AvgIpc) is 2.83. The van der Waals surface area contributed by atoms with Crippen LogP contribution in [0.5, 0.6) is 0 Å². The maximum atomic E-state index is 13.6. The van der Waals surface area contributed by atoms with E-state index in [1.165, 1.54) is 0 Å². The quantitative estimate of drug-likeness (QED) is 0.469. The number of rotatable bonds is 5. The molecule has 2 aromatic carbocycles. The molecule has 0 N–H and O–H groups in total. The van der Waals surface area contributed by atoms with Crippen molar-refractivity contribution in [3.63, 3.8) is 0 Å². The molecule has 1 unspecified atom stereocenters. The molecule has 1 aromatic heterocycles. The highest BCUT2D eigenvalue weighted by Gasteiger charge is 2.40. The van der Waals surface area contributed by atoms with Gasteiger partial charge >= 0.3 is 0 Å². The molecule has 34 heavy (non-hydrogen) atoms. The molecule has 5 nitrogen and oxygen atoms in total. The number of carbonyl (C=O) groups is 2. The summed E-state index contributed by atoms with van der Waals surface area (Å²) < 4.78 is 1.64. The Kier molecular flexibility index (Phi) is 5.96. The van der Waals surface area contributed by atoms with Crippen molar-refractivity contribution in [1.82, 2.24) is 9.47 Å². The summed E-state index contributed by atoms with van der Waals surface area (Å²) in [5, 5.41) is 1.36. The molecule has 5 rings (SSSR count). The fourth-order valence-corrected chi connectivity index (χ4v) is 5.40. The van der Waals surface area contributed by atoms with E-state index in [0.29, 0.717) is 48.5 Å². The molecule has 1 aliphatic heterocycles. The maximum Gasteiger partial charge on any atom is 0.255 e. The molecule has 172 valence electrons. The van der Waals surface area contributed by atoms with Gasteiger partial charge in [-0.3, -0.25) is 14.4 Å². The van der Waals surface area contributed by atoms with E-state index in [2.05, 4.69) is 6.58 Å². The molecule has 3 aromatic rings. The van der Waals surface area contributed by atoms with Crippen molar-refractivity contribution in [3.05, 3.63) is 105 Å². The summed E-state index contributed by atoms with van der Waals surface area (Å²) in [6.45, 7) is 4.54. The predicted octanol–water partition coefficient (Wildman–Crippen LogP) is 5.36. The number of fused-ring (bicyclic) bond motifs is 1. The molecular formula is C28H25ClN2O3. The Morgan fingerprint density at radius 3 is 2.59 bits per heavy atom. The Morgan fingerprint density at radius 2 is 1.82 bits per heavy atom. The number of aromatic nitrogens is 1. The van der Waals surface area contributed by atoms with Crippen LogP contribution in [0.15, 0.2) is 83.3 Å². The first-order chi connectivity index (χ1) is 16.5. The second kappa shape index (κ2) is 9.07. The number of allylic oxidation sites excluding steroid dienone is 3. The zero-order chi connectivity index (χ0) is 23.8. The lowest BCUT2D eigenvalue weighted by atomic mass is 9.77. The van der Waals surface area contributed by atoms with Gasteiger partial charge in [-0.05, 0) is 42.7 Å². The van der Waals surface area contributed by atoms with E-state index in [9.17, 15) is 14.4 Å². The minimum atomic E-state index is -0.561. The van der Waals surface area contributed by atoms with Gasteiger partial charge in [0.15, 0.2) is 5.78 Å². The molecule has 2 heterocycles. The van der Waals surface area contributed by atoms with Crippen LogP contribution >= 0.6 is 11.6 Å². The van der Waals surface area contributed by atoms with Gasteiger partial charge in [-0.15, -0.1) is 6.58 Å². The van der Waals surface area contributed by atoms with Crippen LogP contribution < -0.4 is 5.56 Å². The number of hydrogen-bond donors (Lipinski definition) is 0. The molecule has 0 spiro atoms. The third-order valence-corrected chi connectivity index (χ3v) is 6.97. The summed E-state index contributed by atoms with van der Waals surface area (Å²) in [5.74, 6) is -0.602. The Morgan fingerprint density at radius 1 is 1.03 bits per heavy atom. The van der Waals surface area contributed by atoms with Crippen molar-refractivity contribution in [2.24, 2.45) is 0 Å². The van der Waals surface area contributed by atoms with E-state index >= 15 is 0 Å². The topological polar surface area (TPSA) is 59.4 Å². The summed E-state index contributed by atoms with van der Waals surface area (Å²) in [4.78, 5) is 42.0. The van der Waals surface area contributed by atoms with Gasteiger partial charge in [0, 0.05) is 52.5 Å². The maximum absolute atomic E-state index is 13.6. The zero-order valence-corrected chi connectivity index (χ0v) is 19.6. The number of hydrogen-bond acceptors (Lipinski definition) is 3. The highest BCUT2D eigenvalue weighted by atomic mass is 35.5. The van der Waals surface area contributed by atoms with E-state index in [1.807, 2.05) is 42.5 Å². The molecule has 0 radical (unpaired) electrons. The molecule has 1 amide bonds. The smallest absolute Gasteiger partial charge is 0.255 e. The second-order valence-electron chi connectivity index (χ2n) is 8.87. The van der Waals surface area contributed by atoms with Crippen LogP contribution in [0.25, 0.3) is 10.9 Å². The van der Waals surface area contributed by atoms with Crippen LogP contribution in [-0.2, 0) is 22.7 Å². The number of Topliss-reactive ketones (excluding diaryl/α,β-unsaturated/α-hetero) is 1. The summed E-state index contributed by atoms with van der Waals surface area (Å²) >= 11 is 6.25. The average molecular weight is 473 g/mol. The highest BCUT2D eigenvalue weighted by Crippen LogP contribution is 2.42. The van der Waals surface area contributed by atoms with Crippen LogP contribution in [0.3, 0.4) is 0 Å². The van der Waals surface area contributed by atoms with Crippen molar-refractivity contribution in [2.45, 2.75) is 44.7 Å². The summed E-state index contributed by atoms with van der Waals surface area (Å²) in [6.07, 6.45) is 3.55. The first-order valence-electron chi connectivity index (χ1n) is 11.5. The van der Waals surface area contributed by atoms with Gasteiger partial charge in [-0.1, -0.05) is 48.0 Å². The van der Waals surface area contributed by atoms with Gasteiger partial charge < -0.3 is 9.47 Å². The third-order valence-electron chi connectivity index (χ3n) is 6.74. The van der Waals surface area contributed by atoms with Crippen LogP contribution in [0.1, 0.15) is 42.7 Å². The molecule has 1 aliphatic carbocycles. The van der Waals surface area contributed by atoms with Gasteiger partial charge in [0.25, 0.3) is 5.56 Å². The Bertz CT molecular complexity index is 1400. The molecule has 0 saturated heterocycles. The SMILES string of the molecule is C=CCn1c(=O)c(C2CC(=O)N(Cc3ccccc3)C3=C2C(=O)CCC3)cc2cc(Cl)ccc21. The van der Waals surface area contributed by atoms with Gasteiger partial charge in [-0.2, -0.15) is 0 Å². The first-order valence-corrected chi connectivity index (χ1v) is 11.9. The van der Waals surface area contributed by atoms with Gasteiger partial charge in [0.1, 0.15) is 0 Å². The number of ketones is 1. The minimum absolute atomic E-state index is 0.0256. The fourth-order valence-electron chi connectivity index (χ4n) is 5.22. The van der Waals surface area contributed by atoms with Crippen LogP contribution in [-0.4, -0.2) is 21.2 Å². The number of pyridine rings is 1. The molecule has 0 fully saturated rings. The standard InChI is InChI=1S/C28H25ClN2O3/c1-2-13-30-23-12-11-20(29)14-19(23)15-22(28(30)34)21-16-26(33)31(17-18-7-4-3-5-8-18)24-9-6-10-25(32)27(21)24/h2-5,7-8,11-12,14-15,21H,1,6,9-10,13,16-17H2. The molecule has 2 aliphatic rings. The van der Waals surface area contributed by atoms with Crippen LogP contribution in [0.2, 0.25) is 5.02 Å². The van der Waals surface area contributed by atoms with Crippen LogP contribution in [0, 0.1) is 0 Å². The lowest BCUT2D eigenvalue weighted by Crippen LogP contribution is -2.41. The first kappa shape index (κ1) is 22.4. The van der Waals surface area contributed by atoms with Crippen molar-refractivity contribution in [1.29, 1.82) is 0 Å². The number of benzene rings is 2. The van der Waals surface area contributed by atoms with Crippen molar-refractivity contribution in [2.75, 3.05) is 0 Å². The largest absolute Gasteiger partial charge is 0.311 e. The number of amides is 1. The van der Waals surface area contributed by atoms with Crippen molar-refractivity contribution < 1.29 is 9.59 Å². The van der Waals surface area contributed by atoms with E-state index in [-0.39, 0.29) is 23.7 Å². The van der Waals surface area contributed by atoms with Crippen LogP contribution in [0.4, 0.5) is 0 Å². The van der Waals surface area contributed by atoms with Gasteiger partial charge in [-0.25, -0.2) is 0 Å². The highest BCUT2D eigenvalue weighted by molar-refractivity contribution is 6.31. The number of nitrogens with zero attached hydrogens (tertiary/aromatic N) is 2. The van der Waals surface area contributed by atoms with Crippen molar-refractivity contribution in [3.8, 4) is 0 Å². The monoisotopic (exact) mass is 472 g/mol. The van der Waals surface area contributed by atoms with E-state index < -0.39 is 5.92 Å². The molecular weight excluding hydrogens is 448 g/mol. The summed E-state index contributed by atoms with van der Waals surface area (Å²) in [6, 6.07) is 17.0. The second-order valence-corrected chi connectivity index (χ2v) is 9.30. The molecule has 0 saturated carbocycles. The normalized spacial score (nSPS) is 18.4. The fraction of sp³-hybridized carbons (Fsp3) is 0.250. The molecule has 1 atom stereocenters. The zero-order valence-electron chi connectivity index (χ0n) is 18.8. The Balaban J connectivity index is 1.68. The van der Waals surface area contributed by atoms with Gasteiger partial charge in [0.2, 0.25) is 5.91 Å². The third kappa shape index (κ3) is 3.90. The van der Waals surface area contributed by atoms with E-state index in [1.54, 1.807) is 27.7 Å². The van der Waals surface area contributed by atoms with E-state index in [4.69, 9.17) is 11.6 Å².